The molecule has 3 aliphatic rings. The molecule has 8 nitrogen and oxygen atoms in total. The van der Waals surface area contributed by atoms with Crippen molar-refractivity contribution in [2.75, 3.05) is 34.2 Å². The summed E-state index contributed by atoms with van der Waals surface area (Å²) in [6.07, 6.45) is 2.71. The standard InChI is InChI=1S/C26H25NO7/c1-5-32-26(29)22(14(2)28)24-23-16(6-7-19(30-3)25(23)31-4)10-18-17-12-21-20(33-13-34-21)11-15(17)8-9-27(18)24/h6-7,10-12H,5,8-9,13H2,1-4H3. The molecule has 3 heterocycles. The molecule has 0 fully saturated rings. The second-order valence-corrected chi connectivity index (χ2v) is 8.06. The Hall–Kier alpha value is -3.94. The van der Waals surface area contributed by atoms with Crippen LogP contribution in [0.4, 0.5) is 0 Å². The van der Waals surface area contributed by atoms with E-state index < -0.39 is 5.97 Å². The fraction of sp³-hybridized carbons (Fsp3) is 0.308. The molecule has 176 valence electrons. The number of hydrogen-bond acceptors (Lipinski definition) is 8. The predicted octanol–water partition coefficient (Wildman–Crippen LogP) is 3.67. The van der Waals surface area contributed by atoms with Gasteiger partial charge in [0, 0.05) is 17.8 Å². The first-order valence-corrected chi connectivity index (χ1v) is 11.1. The van der Waals surface area contributed by atoms with Crippen molar-refractivity contribution in [1.29, 1.82) is 0 Å². The van der Waals surface area contributed by atoms with Crippen LogP contribution in [0.25, 0.3) is 17.5 Å². The van der Waals surface area contributed by atoms with Gasteiger partial charge >= 0.3 is 5.97 Å². The van der Waals surface area contributed by atoms with Gasteiger partial charge in [-0.3, -0.25) is 4.79 Å². The van der Waals surface area contributed by atoms with Gasteiger partial charge < -0.3 is 28.6 Å². The Morgan fingerprint density at radius 1 is 1.09 bits per heavy atom. The molecule has 3 aliphatic heterocycles. The molecule has 0 unspecified atom stereocenters. The zero-order chi connectivity index (χ0) is 24.0. The number of nitrogens with zero attached hydrogens (tertiary/aromatic N) is 1. The van der Waals surface area contributed by atoms with Crippen LogP contribution in [0, 0.1) is 0 Å². The van der Waals surface area contributed by atoms with Gasteiger partial charge in [-0.05, 0) is 55.7 Å². The Kier molecular flexibility index (Phi) is 5.43. The lowest BCUT2D eigenvalue weighted by Crippen LogP contribution is -2.33. The molecule has 0 atom stereocenters. The second-order valence-electron chi connectivity index (χ2n) is 8.06. The van der Waals surface area contributed by atoms with Crippen LogP contribution in [-0.2, 0) is 20.7 Å². The minimum atomic E-state index is -0.668. The zero-order valence-corrected chi connectivity index (χ0v) is 19.5. The van der Waals surface area contributed by atoms with Crippen LogP contribution in [0.15, 0.2) is 29.8 Å². The summed E-state index contributed by atoms with van der Waals surface area (Å²) >= 11 is 0. The number of ether oxygens (including phenoxy) is 5. The lowest BCUT2D eigenvalue weighted by Gasteiger charge is -2.40. The van der Waals surface area contributed by atoms with Gasteiger partial charge in [-0.2, -0.15) is 0 Å². The second kappa shape index (κ2) is 8.44. The van der Waals surface area contributed by atoms with Gasteiger partial charge in [0.1, 0.15) is 5.57 Å². The Balaban J connectivity index is 1.83. The molecule has 8 heteroatoms. The Morgan fingerprint density at radius 2 is 1.85 bits per heavy atom. The number of fused-ring (bicyclic) bond motifs is 5. The molecule has 0 aliphatic carbocycles. The molecule has 0 radical (unpaired) electrons. The van der Waals surface area contributed by atoms with E-state index in [1.807, 2.05) is 35.2 Å². The summed E-state index contributed by atoms with van der Waals surface area (Å²) in [6.45, 7) is 3.97. The van der Waals surface area contributed by atoms with Crippen LogP contribution < -0.4 is 18.9 Å². The third kappa shape index (κ3) is 3.29. The van der Waals surface area contributed by atoms with E-state index in [-0.39, 0.29) is 24.8 Å². The number of ketones is 1. The van der Waals surface area contributed by atoms with Gasteiger partial charge in [-0.25, -0.2) is 4.79 Å². The van der Waals surface area contributed by atoms with Gasteiger partial charge in [0.2, 0.25) is 6.79 Å². The summed E-state index contributed by atoms with van der Waals surface area (Å²) in [5, 5.41) is 0. The van der Waals surface area contributed by atoms with E-state index in [9.17, 15) is 9.59 Å². The largest absolute Gasteiger partial charge is 0.493 e. The van der Waals surface area contributed by atoms with E-state index in [0.717, 1.165) is 28.1 Å². The van der Waals surface area contributed by atoms with Gasteiger partial charge in [0.15, 0.2) is 28.8 Å². The molecule has 2 aromatic carbocycles. The minimum absolute atomic E-state index is 0.0237. The molecule has 0 spiro atoms. The molecule has 5 rings (SSSR count). The summed E-state index contributed by atoms with van der Waals surface area (Å²) in [6, 6.07) is 7.66. The molecule has 0 saturated heterocycles. The topological polar surface area (TPSA) is 83.5 Å². The van der Waals surface area contributed by atoms with Crippen LogP contribution in [0.2, 0.25) is 0 Å². The van der Waals surface area contributed by atoms with Crippen LogP contribution >= 0.6 is 0 Å². The quantitative estimate of drug-likeness (QED) is 0.288. The third-order valence-corrected chi connectivity index (χ3v) is 6.22. The van der Waals surface area contributed by atoms with Crippen LogP contribution in [0.5, 0.6) is 23.0 Å². The number of benzene rings is 2. The first-order valence-electron chi connectivity index (χ1n) is 11.1. The first kappa shape index (κ1) is 21.9. The number of esters is 1. The SMILES string of the molecule is CCOC(=O)C(C(C)=O)=C1c2c(ccc(OC)c2OC)C=C2c3cc4c(cc3CCN21)OCO4. The normalized spacial score (nSPS) is 16.6. The van der Waals surface area contributed by atoms with Crippen molar-refractivity contribution < 1.29 is 33.3 Å². The van der Waals surface area contributed by atoms with Crippen molar-refractivity contribution in [1.82, 2.24) is 4.90 Å². The summed E-state index contributed by atoms with van der Waals surface area (Å²) < 4.78 is 27.7. The number of Topliss-reactive ketones (excluding diaryl/α,β-unsaturated/α-hetero) is 1. The van der Waals surface area contributed by atoms with E-state index >= 15 is 0 Å². The average molecular weight is 463 g/mol. The van der Waals surface area contributed by atoms with Crippen LogP contribution in [-0.4, -0.2) is 50.8 Å². The highest BCUT2D eigenvalue weighted by Gasteiger charge is 2.38. The smallest absolute Gasteiger partial charge is 0.343 e. The molecule has 2 aromatic rings. The molecule has 0 saturated carbocycles. The van der Waals surface area contributed by atoms with Crippen molar-refractivity contribution >= 4 is 29.2 Å². The first-order chi connectivity index (χ1) is 16.5. The fourth-order valence-corrected chi connectivity index (χ4v) is 4.77. The summed E-state index contributed by atoms with van der Waals surface area (Å²) in [5.41, 5.74) is 4.77. The molecule has 0 amide bonds. The van der Waals surface area contributed by atoms with Crippen molar-refractivity contribution in [2.45, 2.75) is 20.3 Å². The maximum atomic E-state index is 13.1. The Bertz CT molecular complexity index is 1270. The lowest BCUT2D eigenvalue weighted by molar-refractivity contribution is -0.139. The predicted molar refractivity (Wildman–Crippen MR) is 125 cm³/mol. The van der Waals surface area contributed by atoms with E-state index in [0.29, 0.717) is 41.5 Å². The van der Waals surface area contributed by atoms with Crippen molar-refractivity contribution in [3.63, 3.8) is 0 Å². The highest BCUT2D eigenvalue weighted by molar-refractivity contribution is 6.23. The highest BCUT2D eigenvalue weighted by atomic mass is 16.7. The van der Waals surface area contributed by atoms with Crippen LogP contribution in [0.1, 0.15) is 36.1 Å². The number of hydrogen-bond donors (Lipinski definition) is 0. The van der Waals surface area contributed by atoms with E-state index in [4.69, 9.17) is 23.7 Å². The molecular weight excluding hydrogens is 438 g/mol. The van der Waals surface area contributed by atoms with E-state index in [1.54, 1.807) is 21.1 Å². The average Bonchev–Trinajstić information content (AvgIpc) is 3.29. The zero-order valence-electron chi connectivity index (χ0n) is 19.5. The molecular formula is C26H25NO7. The summed E-state index contributed by atoms with van der Waals surface area (Å²) in [4.78, 5) is 27.9. The molecule has 34 heavy (non-hydrogen) atoms. The maximum absolute atomic E-state index is 13.1. The number of carbonyl (C=O) groups excluding carboxylic acids is 2. The van der Waals surface area contributed by atoms with E-state index in [2.05, 4.69) is 0 Å². The van der Waals surface area contributed by atoms with Crippen LogP contribution in [0.3, 0.4) is 0 Å². The van der Waals surface area contributed by atoms with Gasteiger partial charge in [-0.1, -0.05) is 6.07 Å². The van der Waals surface area contributed by atoms with Crippen molar-refractivity contribution in [3.8, 4) is 23.0 Å². The number of carbonyl (C=O) groups is 2. The van der Waals surface area contributed by atoms with E-state index in [1.165, 1.54) is 6.92 Å². The monoisotopic (exact) mass is 463 g/mol. The molecule has 0 N–H and O–H groups in total. The molecule has 0 bridgehead atoms. The Morgan fingerprint density at radius 3 is 2.53 bits per heavy atom. The number of methoxy groups -OCH3 is 2. The number of rotatable bonds is 5. The van der Waals surface area contributed by atoms with Crippen molar-refractivity contribution in [2.24, 2.45) is 0 Å². The fourth-order valence-electron chi connectivity index (χ4n) is 4.77. The maximum Gasteiger partial charge on any atom is 0.343 e. The van der Waals surface area contributed by atoms with Gasteiger partial charge in [0.25, 0.3) is 0 Å². The minimum Gasteiger partial charge on any atom is -0.493 e. The highest BCUT2D eigenvalue weighted by Crippen LogP contribution is 2.50. The Labute approximate surface area is 197 Å². The lowest BCUT2D eigenvalue weighted by atomic mass is 9.86. The van der Waals surface area contributed by atoms with Gasteiger partial charge in [0.05, 0.1) is 32.1 Å². The van der Waals surface area contributed by atoms with Crippen molar-refractivity contribution in [3.05, 3.63) is 52.1 Å². The summed E-state index contributed by atoms with van der Waals surface area (Å²) in [5.74, 6) is 1.29. The van der Waals surface area contributed by atoms with Gasteiger partial charge in [-0.15, -0.1) is 0 Å². The third-order valence-electron chi connectivity index (χ3n) is 6.22. The summed E-state index contributed by atoms with van der Waals surface area (Å²) in [7, 11) is 3.09. The molecule has 0 aromatic heterocycles.